The van der Waals surface area contributed by atoms with Gasteiger partial charge in [-0.15, -0.1) is 0 Å². The summed E-state index contributed by atoms with van der Waals surface area (Å²) in [5, 5.41) is 46.4. The molecule has 0 aromatic carbocycles. The monoisotopic (exact) mass is 1050 g/mol. The molecule has 432 valence electrons. The van der Waals surface area contributed by atoms with Gasteiger partial charge in [0.1, 0.15) is 30.5 Å². The standard InChI is InChI=1S/2C11H22O4.3C10H20O4/c2*1-5-14-11-9(6-12)7(2)15-8(3)10(11)13-4;3*1-6-8(5-11)10(13-4)9(12-3)7(2)14-6/h2*7-12H,5-6H2,1-4H3;3*6-11H,5H2,1-4H3/t7?,8-,9-,10-,11-;7-,8+,9+,10+,11+;6?,7-,8-,9-,10-;6-,7+,8+,9+,10+;6-,7-,8-,9-,10-/m01010/s1. The van der Waals surface area contributed by atoms with Crippen LogP contribution in [0.4, 0.5) is 0 Å². The molecular formula is C52H104O20. The van der Waals surface area contributed by atoms with Crippen LogP contribution in [0.5, 0.6) is 0 Å². The SMILES string of the molecule is CCO[C@@H]1[C@@H](OC)[C@H](C)OC(C)[C@@H]1CO.CCO[C@H]1[C@@H](CO)[C@@H](C)O[C@@H](C)[C@@H]1OC.CO[C@@H]1[C@@H](OC)[C@@H](CO)C(C)O[C@H]1C.CO[C@@H]1[C@@H](OC)[C@@H](CO)[C@@H](C)O[C@H]1C.CO[C@@H]1[C@@H](OC)[C@@H](CO)[C@H](C)O[C@H]1C. The van der Waals surface area contributed by atoms with Gasteiger partial charge in [0.2, 0.25) is 0 Å². The Hall–Kier alpha value is -0.800. The average Bonchev–Trinajstić information content (AvgIpc) is 3.34. The van der Waals surface area contributed by atoms with Crippen LogP contribution in [-0.4, -0.2) is 251 Å². The minimum absolute atomic E-state index is 0.00255. The van der Waals surface area contributed by atoms with Crippen LogP contribution >= 0.6 is 0 Å². The van der Waals surface area contributed by atoms with Crippen LogP contribution in [0.2, 0.25) is 0 Å². The second-order valence-electron chi connectivity index (χ2n) is 19.4. The highest BCUT2D eigenvalue weighted by atomic mass is 16.6. The highest BCUT2D eigenvalue weighted by Crippen LogP contribution is 2.33. The molecule has 0 amide bonds. The van der Waals surface area contributed by atoms with E-state index in [2.05, 4.69) is 0 Å². The third-order valence-electron chi connectivity index (χ3n) is 15.2. The zero-order valence-electron chi connectivity index (χ0n) is 47.7. The molecule has 0 aromatic rings. The smallest absolute Gasteiger partial charge is 0.110 e. The van der Waals surface area contributed by atoms with Gasteiger partial charge in [-0.25, -0.2) is 0 Å². The van der Waals surface area contributed by atoms with Gasteiger partial charge in [-0.1, -0.05) is 0 Å². The first-order valence-electron chi connectivity index (χ1n) is 26.0. The molecule has 0 saturated carbocycles. The molecule has 25 atom stereocenters. The number of hydrogen-bond donors (Lipinski definition) is 5. The van der Waals surface area contributed by atoms with Crippen molar-refractivity contribution < 1.29 is 96.6 Å². The highest BCUT2D eigenvalue weighted by Gasteiger charge is 2.47. The molecule has 0 aliphatic carbocycles. The van der Waals surface area contributed by atoms with E-state index in [1.165, 1.54) is 0 Å². The lowest BCUT2D eigenvalue weighted by atomic mass is 9.88. The Balaban J connectivity index is 0.000000450. The molecule has 5 fully saturated rings. The highest BCUT2D eigenvalue weighted by molar-refractivity contribution is 4.94. The van der Waals surface area contributed by atoms with E-state index in [0.717, 1.165) is 0 Å². The van der Waals surface area contributed by atoms with Gasteiger partial charge in [0, 0.05) is 99.7 Å². The second kappa shape index (κ2) is 36.3. The van der Waals surface area contributed by atoms with Crippen molar-refractivity contribution in [2.45, 2.75) is 205 Å². The van der Waals surface area contributed by atoms with Crippen LogP contribution in [0.1, 0.15) is 83.1 Å². The quantitative estimate of drug-likeness (QED) is 0.141. The van der Waals surface area contributed by atoms with E-state index in [4.69, 9.17) is 71.1 Å². The maximum Gasteiger partial charge on any atom is 0.110 e. The zero-order valence-corrected chi connectivity index (χ0v) is 47.7. The van der Waals surface area contributed by atoms with Gasteiger partial charge in [0.05, 0.1) is 125 Å². The van der Waals surface area contributed by atoms with Crippen molar-refractivity contribution in [2.75, 3.05) is 103 Å². The van der Waals surface area contributed by atoms with Crippen molar-refractivity contribution in [3.8, 4) is 0 Å². The zero-order chi connectivity index (χ0) is 55.0. The number of aliphatic hydroxyl groups excluding tert-OH is 5. The third kappa shape index (κ3) is 18.7. The topological polar surface area (TPSA) is 240 Å². The molecule has 0 spiro atoms. The molecule has 5 aliphatic rings. The van der Waals surface area contributed by atoms with Crippen LogP contribution in [0.25, 0.3) is 0 Å². The predicted octanol–water partition coefficient (Wildman–Crippen LogP) is 2.94. The minimum atomic E-state index is -0.103. The molecule has 20 heteroatoms. The Morgan fingerprint density at radius 3 is 0.542 bits per heavy atom. The van der Waals surface area contributed by atoms with Crippen LogP contribution < -0.4 is 0 Å². The fourth-order valence-electron chi connectivity index (χ4n) is 11.1. The predicted molar refractivity (Wildman–Crippen MR) is 270 cm³/mol. The number of rotatable bonds is 17. The Kier molecular flexibility index (Phi) is 34.9. The van der Waals surface area contributed by atoms with Crippen LogP contribution in [0.15, 0.2) is 0 Å². The summed E-state index contributed by atoms with van der Waals surface area (Å²) in [4.78, 5) is 0. The summed E-state index contributed by atoms with van der Waals surface area (Å²) in [6, 6.07) is 0. The van der Waals surface area contributed by atoms with Crippen LogP contribution in [-0.2, 0) is 71.1 Å². The molecule has 0 bridgehead atoms. The van der Waals surface area contributed by atoms with E-state index < -0.39 is 0 Å². The molecule has 5 N–H and O–H groups in total. The number of methoxy groups -OCH3 is 8. The third-order valence-corrected chi connectivity index (χ3v) is 15.2. The average molecular weight is 1050 g/mol. The fourth-order valence-corrected chi connectivity index (χ4v) is 11.1. The lowest BCUT2D eigenvalue weighted by Gasteiger charge is -2.43. The van der Waals surface area contributed by atoms with Crippen molar-refractivity contribution in [1.29, 1.82) is 0 Å². The summed E-state index contributed by atoms with van der Waals surface area (Å²) in [6.45, 7) is 25.1. The first-order valence-corrected chi connectivity index (χ1v) is 26.0. The van der Waals surface area contributed by atoms with E-state index in [1.807, 2.05) is 83.1 Å². The summed E-state index contributed by atoms with van der Waals surface area (Å²) >= 11 is 0. The van der Waals surface area contributed by atoms with Crippen LogP contribution in [0, 0.1) is 29.6 Å². The first kappa shape index (κ1) is 69.2. The molecule has 5 aliphatic heterocycles. The van der Waals surface area contributed by atoms with Gasteiger partial charge in [-0.3, -0.25) is 0 Å². The molecule has 5 saturated heterocycles. The van der Waals surface area contributed by atoms with Gasteiger partial charge in [0.15, 0.2) is 0 Å². The summed E-state index contributed by atoms with van der Waals surface area (Å²) in [5.74, 6) is -0.0550. The lowest BCUT2D eigenvalue weighted by molar-refractivity contribution is -0.218. The first-order chi connectivity index (χ1) is 34.3. The van der Waals surface area contributed by atoms with E-state index in [0.29, 0.717) is 13.2 Å². The van der Waals surface area contributed by atoms with Crippen molar-refractivity contribution >= 4 is 0 Å². The maximum absolute atomic E-state index is 9.34. The van der Waals surface area contributed by atoms with Crippen molar-refractivity contribution in [1.82, 2.24) is 0 Å². The summed E-state index contributed by atoms with van der Waals surface area (Å²) in [6.07, 6.45) is -0.901. The van der Waals surface area contributed by atoms with Crippen molar-refractivity contribution in [2.24, 2.45) is 29.6 Å². The molecule has 20 nitrogen and oxygen atoms in total. The molecule has 2 unspecified atom stereocenters. The fraction of sp³-hybridized carbons (Fsp3) is 1.00. The summed E-state index contributed by atoms with van der Waals surface area (Å²) < 4.78 is 82.6. The summed E-state index contributed by atoms with van der Waals surface area (Å²) in [5.41, 5.74) is 0. The van der Waals surface area contributed by atoms with Gasteiger partial charge in [-0.05, 0) is 83.1 Å². The Morgan fingerprint density at radius 2 is 0.403 bits per heavy atom. The Bertz CT molecular complexity index is 1130. The summed E-state index contributed by atoms with van der Waals surface area (Å²) in [7, 11) is 13.2. The molecular weight excluding hydrogens is 945 g/mol. The largest absolute Gasteiger partial charge is 0.396 e. The molecule has 5 heterocycles. The van der Waals surface area contributed by atoms with Crippen LogP contribution in [0.3, 0.4) is 0 Å². The Morgan fingerprint density at radius 1 is 0.250 bits per heavy atom. The van der Waals surface area contributed by atoms with Gasteiger partial charge < -0.3 is 96.6 Å². The second-order valence-corrected chi connectivity index (χ2v) is 19.4. The van der Waals surface area contributed by atoms with E-state index >= 15 is 0 Å². The van der Waals surface area contributed by atoms with E-state index in [9.17, 15) is 25.5 Å². The van der Waals surface area contributed by atoms with Crippen molar-refractivity contribution in [3.63, 3.8) is 0 Å². The maximum atomic E-state index is 9.34. The number of aliphatic hydroxyl groups is 5. The van der Waals surface area contributed by atoms with Gasteiger partial charge >= 0.3 is 0 Å². The Labute approximate surface area is 433 Å². The van der Waals surface area contributed by atoms with Crippen molar-refractivity contribution in [3.05, 3.63) is 0 Å². The van der Waals surface area contributed by atoms with E-state index in [1.54, 1.807) is 56.9 Å². The lowest BCUT2D eigenvalue weighted by Crippen LogP contribution is -2.55. The molecule has 0 aromatic heterocycles. The van der Waals surface area contributed by atoms with E-state index in [-0.39, 0.29) is 185 Å². The minimum Gasteiger partial charge on any atom is -0.396 e. The van der Waals surface area contributed by atoms with Gasteiger partial charge in [-0.2, -0.15) is 0 Å². The molecule has 5 rings (SSSR count). The molecule has 0 radical (unpaired) electrons. The normalized spacial score (nSPS) is 43.0. The number of ether oxygens (including phenoxy) is 15. The number of hydrogen-bond acceptors (Lipinski definition) is 20. The van der Waals surface area contributed by atoms with Gasteiger partial charge in [0.25, 0.3) is 0 Å². The molecule has 72 heavy (non-hydrogen) atoms.